The summed E-state index contributed by atoms with van der Waals surface area (Å²) in [5, 5.41) is 3.05. The van der Waals surface area contributed by atoms with E-state index < -0.39 is 0 Å². The summed E-state index contributed by atoms with van der Waals surface area (Å²) in [5.41, 5.74) is 3.44. The number of hydrogen-bond donors (Lipinski definition) is 3. The molecule has 0 saturated carbocycles. The van der Waals surface area contributed by atoms with Crippen molar-refractivity contribution in [3.05, 3.63) is 28.7 Å². The van der Waals surface area contributed by atoms with E-state index in [9.17, 15) is 0 Å². The Morgan fingerprint density at radius 2 is 2.07 bits per heavy atom. The van der Waals surface area contributed by atoms with Crippen LogP contribution in [0.3, 0.4) is 0 Å². The van der Waals surface area contributed by atoms with Crippen LogP contribution < -0.4 is 16.6 Å². The summed E-state index contributed by atoms with van der Waals surface area (Å²) >= 11 is 3.36. The molecule has 0 unspecified atom stereocenters. The van der Waals surface area contributed by atoms with Gasteiger partial charge in [-0.1, -0.05) is 15.9 Å². The number of guanidine groups is 1. The van der Waals surface area contributed by atoms with E-state index in [1.54, 1.807) is 0 Å². The quantitative estimate of drug-likeness (QED) is 0.327. The van der Waals surface area contributed by atoms with Gasteiger partial charge in [0.2, 0.25) is 5.96 Å². The first-order chi connectivity index (χ1) is 6.76. The molecule has 5 heteroatoms. The minimum atomic E-state index is 0.565. The maximum atomic E-state index is 5.28. The lowest BCUT2D eigenvalue weighted by molar-refractivity contribution is 0.986. The second-order valence-corrected chi connectivity index (χ2v) is 3.51. The van der Waals surface area contributed by atoms with Gasteiger partial charge >= 0.3 is 0 Å². The number of nitrogens with one attached hydrogen (secondary N) is 2. The van der Waals surface area contributed by atoms with Gasteiger partial charge in [0.15, 0.2) is 0 Å². The predicted molar refractivity (Wildman–Crippen MR) is 63.1 cm³/mol. The van der Waals surface area contributed by atoms with Crippen LogP contribution in [0.4, 0.5) is 5.69 Å². The summed E-state index contributed by atoms with van der Waals surface area (Å²) in [7, 11) is 0. The fraction of sp³-hybridized carbons (Fsp3) is 0.222. The number of nitrogens with two attached hydrogens (primary N) is 1. The molecule has 0 atom stereocenters. The molecule has 0 aliphatic heterocycles. The van der Waals surface area contributed by atoms with Gasteiger partial charge in [-0.05, 0) is 31.2 Å². The molecule has 0 spiro atoms. The average molecular weight is 257 g/mol. The molecular formula is C9H13BrN4. The summed E-state index contributed by atoms with van der Waals surface area (Å²) in [5.74, 6) is 5.85. The van der Waals surface area contributed by atoms with Gasteiger partial charge in [0.1, 0.15) is 0 Å². The normalized spacial score (nSPS) is 11.2. The molecular weight excluding hydrogens is 244 g/mol. The highest BCUT2D eigenvalue weighted by Gasteiger charge is 1.96. The maximum absolute atomic E-state index is 5.28. The first-order valence-electron chi connectivity index (χ1n) is 4.30. The number of rotatable bonds is 2. The van der Waals surface area contributed by atoms with Gasteiger partial charge in [-0.25, -0.2) is 5.84 Å². The second kappa shape index (κ2) is 5.62. The van der Waals surface area contributed by atoms with E-state index in [2.05, 4.69) is 31.7 Å². The predicted octanol–water partition coefficient (Wildman–Crippen LogP) is 1.70. The molecule has 0 fully saturated rings. The Bertz CT molecular complexity index is 307. The molecule has 0 aliphatic rings. The molecule has 1 rings (SSSR count). The van der Waals surface area contributed by atoms with E-state index >= 15 is 0 Å². The molecule has 0 radical (unpaired) electrons. The Balaban J connectivity index is 2.67. The largest absolute Gasteiger partial charge is 0.325 e. The minimum absolute atomic E-state index is 0.565. The first-order valence-corrected chi connectivity index (χ1v) is 5.09. The van der Waals surface area contributed by atoms with Gasteiger partial charge in [0.25, 0.3) is 0 Å². The van der Waals surface area contributed by atoms with Crippen LogP contribution in [0.1, 0.15) is 6.92 Å². The second-order valence-electron chi connectivity index (χ2n) is 2.60. The highest BCUT2D eigenvalue weighted by atomic mass is 79.9. The van der Waals surface area contributed by atoms with E-state index in [1.807, 2.05) is 31.2 Å². The Labute approximate surface area is 91.7 Å². The Hall–Kier alpha value is -1.07. The van der Waals surface area contributed by atoms with Gasteiger partial charge in [-0.15, -0.1) is 0 Å². The zero-order valence-electron chi connectivity index (χ0n) is 7.92. The monoisotopic (exact) mass is 256 g/mol. The number of aliphatic imine (C=N–C) groups is 1. The van der Waals surface area contributed by atoms with Crippen LogP contribution in [0, 0.1) is 0 Å². The number of nitrogens with zero attached hydrogens (tertiary/aromatic N) is 1. The van der Waals surface area contributed by atoms with Crippen LogP contribution >= 0.6 is 15.9 Å². The fourth-order valence-electron chi connectivity index (χ4n) is 0.949. The summed E-state index contributed by atoms with van der Waals surface area (Å²) in [6.07, 6.45) is 0. The van der Waals surface area contributed by atoms with E-state index in [4.69, 9.17) is 5.84 Å². The summed E-state index contributed by atoms with van der Waals surface area (Å²) in [6, 6.07) is 7.77. The van der Waals surface area contributed by atoms with Crippen molar-refractivity contribution < 1.29 is 0 Å². The van der Waals surface area contributed by atoms with Crippen molar-refractivity contribution in [2.24, 2.45) is 10.8 Å². The molecule has 0 amide bonds. The van der Waals surface area contributed by atoms with Gasteiger partial charge < -0.3 is 5.32 Å². The standard InChI is InChI=1S/C9H13BrN4/c1-2-12-9(14-11)13-8-5-3-7(10)4-6-8/h3-6H,2,11H2,1H3,(H2,12,13,14). The lowest BCUT2D eigenvalue weighted by Gasteiger charge is -2.08. The first kappa shape index (κ1) is 11.0. The molecule has 0 bridgehead atoms. The third-order valence-corrected chi connectivity index (χ3v) is 2.09. The Morgan fingerprint density at radius 3 is 2.57 bits per heavy atom. The Morgan fingerprint density at radius 1 is 1.43 bits per heavy atom. The lowest BCUT2D eigenvalue weighted by atomic mass is 10.3. The Kier molecular flexibility index (Phi) is 4.42. The lowest BCUT2D eigenvalue weighted by Crippen LogP contribution is -2.36. The summed E-state index contributed by atoms with van der Waals surface area (Å²) in [6.45, 7) is 2.63. The molecule has 4 N–H and O–H groups in total. The fourth-order valence-corrected chi connectivity index (χ4v) is 1.21. The van der Waals surface area contributed by atoms with Gasteiger partial charge in [-0.3, -0.25) is 10.4 Å². The van der Waals surface area contributed by atoms with Gasteiger partial charge in [0.05, 0.1) is 0 Å². The van der Waals surface area contributed by atoms with Crippen molar-refractivity contribution in [1.29, 1.82) is 0 Å². The van der Waals surface area contributed by atoms with E-state index in [0.717, 1.165) is 10.2 Å². The topological polar surface area (TPSA) is 62.4 Å². The van der Waals surface area contributed by atoms with Crippen LogP contribution in [0.2, 0.25) is 0 Å². The van der Waals surface area contributed by atoms with Crippen LogP contribution in [-0.4, -0.2) is 12.5 Å². The van der Waals surface area contributed by atoms with Crippen LogP contribution in [-0.2, 0) is 0 Å². The number of hydrogen-bond acceptors (Lipinski definition) is 2. The molecule has 0 aliphatic carbocycles. The molecule has 0 saturated heterocycles. The number of hydrazine groups is 1. The minimum Gasteiger partial charge on any atom is -0.325 e. The number of halogens is 1. The van der Waals surface area contributed by atoms with Crippen LogP contribution in [0.5, 0.6) is 0 Å². The van der Waals surface area contributed by atoms with Gasteiger partial charge in [-0.2, -0.15) is 0 Å². The van der Waals surface area contributed by atoms with Crippen molar-refractivity contribution in [3.63, 3.8) is 0 Å². The van der Waals surface area contributed by atoms with Crippen molar-refractivity contribution in [2.75, 3.05) is 11.9 Å². The summed E-state index contributed by atoms with van der Waals surface area (Å²) < 4.78 is 1.04. The average Bonchev–Trinajstić information content (AvgIpc) is 2.20. The molecule has 1 aromatic carbocycles. The van der Waals surface area contributed by atoms with E-state index in [-0.39, 0.29) is 0 Å². The van der Waals surface area contributed by atoms with Crippen molar-refractivity contribution >= 4 is 27.6 Å². The van der Waals surface area contributed by atoms with E-state index in [1.165, 1.54) is 0 Å². The third kappa shape index (κ3) is 3.35. The number of benzene rings is 1. The summed E-state index contributed by atoms with van der Waals surface area (Å²) in [4.78, 5) is 4.12. The van der Waals surface area contributed by atoms with Crippen LogP contribution in [0.25, 0.3) is 0 Å². The van der Waals surface area contributed by atoms with Crippen LogP contribution in [0.15, 0.2) is 33.7 Å². The smallest absolute Gasteiger partial charge is 0.210 e. The molecule has 4 nitrogen and oxygen atoms in total. The highest BCUT2D eigenvalue weighted by Crippen LogP contribution is 2.13. The van der Waals surface area contributed by atoms with Crippen molar-refractivity contribution in [3.8, 4) is 0 Å². The SMILES string of the molecule is CCN=C(NN)Nc1ccc(Br)cc1. The maximum Gasteiger partial charge on any atom is 0.210 e. The molecule has 0 heterocycles. The van der Waals surface area contributed by atoms with Crippen molar-refractivity contribution in [2.45, 2.75) is 6.92 Å². The number of anilines is 1. The zero-order valence-corrected chi connectivity index (χ0v) is 9.51. The van der Waals surface area contributed by atoms with Crippen molar-refractivity contribution in [1.82, 2.24) is 5.43 Å². The third-order valence-electron chi connectivity index (χ3n) is 1.56. The highest BCUT2D eigenvalue weighted by molar-refractivity contribution is 9.10. The molecule has 14 heavy (non-hydrogen) atoms. The molecule has 76 valence electrons. The zero-order chi connectivity index (χ0) is 10.4. The van der Waals surface area contributed by atoms with E-state index in [0.29, 0.717) is 12.5 Å². The molecule has 1 aromatic rings. The van der Waals surface area contributed by atoms with Gasteiger partial charge in [0, 0.05) is 16.7 Å². The molecule has 0 aromatic heterocycles.